The van der Waals surface area contributed by atoms with Gasteiger partial charge < -0.3 is 5.32 Å². The highest BCUT2D eigenvalue weighted by molar-refractivity contribution is 6.08. The van der Waals surface area contributed by atoms with Gasteiger partial charge in [0.2, 0.25) is 0 Å². The number of rotatable bonds is 3. The van der Waals surface area contributed by atoms with Gasteiger partial charge in [-0.1, -0.05) is 24.0 Å². The monoisotopic (exact) mass is 145 g/mol. The highest BCUT2D eigenvalue weighted by Gasteiger charge is 1.87. The number of hydrogen-bond donors (Lipinski definition) is 1. The van der Waals surface area contributed by atoms with Crippen molar-refractivity contribution in [2.45, 2.75) is 13.2 Å². The van der Waals surface area contributed by atoms with Crippen molar-refractivity contribution in [2.75, 3.05) is 11.9 Å². The van der Waals surface area contributed by atoms with Crippen LogP contribution in [-0.2, 0) is 0 Å². The predicted octanol–water partition coefficient (Wildman–Crippen LogP) is 1.99. The second-order valence-electron chi connectivity index (χ2n) is 2.58. The first-order valence-electron chi connectivity index (χ1n) is 3.83. The van der Waals surface area contributed by atoms with Crippen LogP contribution in [0, 0.1) is 6.92 Å². The van der Waals surface area contributed by atoms with E-state index in [1.165, 1.54) is 5.56 Å². The lowest BCUT2D eigenvalue weighted by molar-refractivity contribution is 1.20. The molecule has 2 heteroatoms. The number of nitrogens with one attached hydrogen (secondary N) is 1. The molecule has 0 saturated heterocycles. The van der Waals surface area contributed by atoms with Gasteiger partial charge in [0, 0.05) is 12.2 Å². The summed E-state index contributed by atoms with van der Waals surface area (Å²) in [5, 5.41) is 3.20. The van der Waals surface area contributed by atoms with Gasteiger partial charge in [-0.05, 0) is 19.1 Å². The molecule has 2 radical (unpaired) electrons. The van der Waals surface area contributed by atoms with Crippen LogP contribution in [-0.4, -0.2) is 14.4 Å². The smallest absolute Gasteiger partial charge is 0.0676 e. The van der Waals surface area contributed by atoms with Crippen molar-refractivity contribution >= 4 is 13.5 Å². The zero-order chi connectivity index (χ0) is 8.10. The largest absolute Gasteiger partial charge is 0.386 e. The molecule has 0 bridgehead atoms. The van der Waals surface area contributed by atoms with Gasteiger partial charge in [-0.2, -0.15) is 0 Å². The Morgan fingerprint density at radius 2 is 1.91 bits per heavy atom. The van der Waals surface area contributed by atoms with E-state index in [2.05, 4.69) is 36.5 Å². The molecule has 1 rings (SSSR count). The van der Waals surface area contributed by atoms with Crippen molar-refractivity contribution in [3.63, 3.8) is 0 Å². The van der Waals surface area contributed by atoms with Gasteiger partial charge >= 0.3 is 0 Å². The maximum Gasteiger partial charge on any atom is 0.0676 e. The van der Waals surface area contributed by atoms with Crippen LogP contribution in [0.5, 0.6) is 0 Å². The first kappa shape index (κ1) is 8.18. The van der Waals surface area contributed by atoms with E-state index in [4.69, 9.17) is 7.85 Å². The molecule has 0 amide bonds. The van der Waals surface area contributed by atoms with E-state index in [9.17, 15) is 0 Å². The summed E-state index contributed by atoms with van der Waals surface area (Å²) >= 11 is 0. The lowest BCUT2D eigenvalue weighted by Gasteiger charge is -2.03. The second-order valence-corrected chi connectivity index (χ2v) is 2.58. The van der Waals surface area contributed by atoms with Crippen LogP contribution in [0.3, 0.4) is 0 Å². The summed E-state index contributed by atoms with van der Waals surface area (Å²) in [6, 6.07) is 8.29. The summed E-state index contributed by atoms with van der Waals surface area (Å²) in [6.07, 6.45) is 0.674. The molecular weight excluding hydrogens is 133 g/mol. The Balaban J connectivity index is 2.52. The van der Waals surface area contributed by atoms with Gasteiger partial charge in [-0.25, -0.2) is 0 Å². The van der Waals surface area contributed by atoms with E-state index in [1.807, 2.05) is 0 Å². The molecular formula is C9H12BN. The van der Waals surface area contributed by atoms with Crippen molar-refractivity contribution in [3.05, 3.63) is 29.8 Å². The van der Waals surface area contributed by atoms with E-state index < -0.39 is 0 Å². The van der Waals surface area contributed by atoms with Crippen molar-refractivity contribution in [1.82, 2.24) is 0 Å². The molecule has 1 nitrogen and oxygen atoms in total. The number of anilines is 1. The zero-order valence-electron chi connectivity index (χ0n) is 6.80. The van der Waals surface area contributed by atoms with E-state index in [-0.39, 0.29) is 0 Å². The fourth-order valence-corrected chi connectivity index (χ4v) is 0.888. The Bertz CT molecular complexity index is 205. The van der Waals surface area contributed by atoms with Crippen LogP contribution in [0.25, 0.3) is 0 Å². The van der Waals surface area contributed by atoms with Crippen LogP contribution in [0.2, 0.25) is 6.32 Å². The van der Waals surface area contributed by atoms with Gasteiger partial charge in [0.1, 0.15) is 0 Å². The third kappa shape index (κ3) is 2.66. The maximum absolute atomic E-state index is 5.34. The standard InChI is InChI=1S/C9H12BN/c1-8-2-4-9(5-3-8)11-7-6-10/h2-5,11H,6-7H2,1H3. The minimum atomic E-state index is 0.674. The van der Waals surface area contributed by atoms with E-state index in [0.717, 1.165) is 12.2 Å². The maximum atomic E-state index is 5.34. The lowest BCUT2D eigenvalue weighted by atomic mass is 10.1. The average Bonchev–Trinajstić information content (AvgIpc) is 2.04. The Kier molecular flexibility index (Phi) is 3.03. The van der Waals surface area contributed by atoms with Crippen LogP contribution in [0.15, 0.2) is 24.3 Å². The summed E-state index contributed by atoms with van der Waals surface area (Å²) < 4.78 is 0. The van der Waals surface area contributed by atoms with Crippen molar-refractivity contribution < 1.29 is 0 Å². The molecule has 0 aromatic heterocycles. The van der Waals surface area contributed by atoms with Gasteiger partial charge in [-0.3, -0.25) is 0 Å². The molecule has 0 aliphatic carbocycles. The highest BCUT2D eigenvalue weighted by Crippen LogP contribution is 2.07. The Morgan fingerprint density at radius 1 is 1.27 bits per heavy atom. The number of benzene rings is 1. The summed E-state index contributed by atoms with van der Waals surface area (Å²) in [5.41, 5.74) is 2.42. The Morgan fingerprint density at radius 3 is 2.45 bits per heavy atom. The predicted molar refractivity (Wildman–Crippen MR) is 50.2 cm³/mol. The van der Waals surface area contributed by atoms with Crippen LogP contribution >= 0.6 is 0 Å². The van der Waals surface area contributed by atoms with E-state index >= 15 is 0 Å². The quantitative estimate of drug-likeness (QED) is 0.641. The minimum Gasteiger partial charge on any atom is -0.386 e. The van der Waals surface area contributed by atoms with Gasteiger partial charge in [0.05, 0.1) is 7.85 Å². The number of hydrogen-bond acceptors (Lipinski definition) is 1. The van der Waals surface area contributed by atoms with Gasteiger partial charge in [0.15, 0.2) is 0 Å². The molecule has 11 heavy (non-hydrogen) atoms. The van der Waals surface area contributed by atoms with Gasteiger partial charge in [-0.15, -0.1) is 0 Å². The molecule has 0 fully saturated rings. The summed E-state index contributed by atoms with van der Waals surface area (Å²) in [4.78, 5) is 0. The Hall–Kier alpha value is -0.915. The third-order valence-corrected chi connectivity index (χ3v) is 1.53. The fourth-order valence-electron chi connectivity index (χ4n) is 0.888. The molecule has 1 aromatic rings. The third-order valence-electron chi connectivity index (χ3n) is 1.53. The molecule has 0 unspecified atom stereocenters. The molecule has 1 aromatic carbocycles. The average molecular weight is 145 g/mol. The molecule has 0 spiro atoms. The fraction of sp³-hybridized carbons (Fsp3) is 0.333. The van der Waals surface area contributed by atoms with E-state index in [0.29, 0.717) is 6.32 Å². The Labute approximate surface area is 69.2 Å². The topological polar surface area (TPSA) is 12.0 Å². The second kappa shape index (κ2) is 4.07. The van der Waals surface area contributed by atoms with Gasteiger partial charge in [0.25, 0.3) is 0 Å². The SMILES string of the molecule is [B]CCNc1ccc(C)cc1. The number of aryl methyl sites for hydroxylation is 1. The molecule has 0 aliphatic heterocycles. The molecule has 0 aliphatic rings. The van der Waals surface area contributed by atoms with E-state index in [1.54, 1.807) is 0 Å². The van der Waals surface area contributed by atoms with Crippen LogP contribution in [0.1, 0.15) is 5.56 Å². The minimum absolute atomic E-state index is 0.674. The zero-order valence-corrected chi connectivity index (χ0v) is 6.80. The van der Waals surface area contributed by atoms with Crippen molar-refractivity contribution in [3.8, 4) is 0 Å². The molecule has 0 saturated carbocycles. The summed E-state index contributed by atoms with van der Waals surface area (Å²) in [6.45, 7) is 2.91. The molecule has 0 heterocycles. The molecule has 1 N–H and O–H groups in total. The van der Waals surface area contributed by atoms with Crippen LogP contribution in [0.4, 0.5) is 5.69 Å². The van der Waals surface area contributed by atoms with Crippen molar-refractivity contribution in [2.24, 2.45) is 0 Å². The normalized spacial score (nSPS) is 9.55. The molecule has 0 atom stereocenters. The summed E-state index contributed by atoms with van der Waals surface area (Å²) in [5.74, 6) is 0. The first-order valence-corrected chi connectivity index (χ1v) is 3.83. The molecule has 56 valence electrons. The first-order chi connectivity index (χ1) is 5.33. The lowest BCUT2D eigenvalue weighted by Crippen LogP contribution is -1.99. The summed E-state index contributed by atoms with van der Waals surface area (Å²) in [7, 11) is 5.34. The van der Waals surface area contributed by atoms with Crippen molar-refractivity contribution in [1.29, 1.82) is 0 Å². The van der Waals surface area contributed by atoms with Crippen LogP contribution < -0.4 is 5.32 Å². The highest BCUT2D eigenvalue weighted by atomic mass is 14.8.